The molecule has 3 aromatic carbocycles. The normalized spacial score (nSPS) is 15.8. The van der Waals surface area contributed by atoms with Gasteiger partial charge in [-0.1, -0.05) is 80.7 Å². The largest absolute Gasteiger partial charge is 0.508 e. The summed E-state index contributed by atoms with van der Waals surface area (Å²) in [6, 6.07) is 20.5. The molecule has 2 unspecified atom stereocenters. The van der Waals surface area contributed by atoms with E-state index in [4.69, 9.17) is 9.47 Å². The zero-order valence-corrected chi connectivity index (χ0v) is 27.7. The lowest BCUT2D eigenvalue weighted by Crippen LogP contribution is -2.42. The molecule has 6 nitrogen and oxygen atoms in total. The van der Waals surface area contributed by atoms with Crippen LogP contribution in [0.2, 0.25) is 0 Å². The number of alkyl halides is 1. The summed E-state index contributed by atoms with van der Waals surface area (Å²) in [5, 5.41) is 31.2. The molecule has 0 bridgehead atoms. The van der Waals surface area contributed by atoms with E-state index in [1.807, 2.05) is 69.0 Å². The van der Waals surface area contributed by atoms with E-state index in [0.29, 0.717) is 25.3 Å². The Morgan fingerprint density at radius 2 is 1.57 bits per heavy atom. The van der Waals surface area contributed by atoms with Crippen LogP contribution in [0.5, 0.6) is 17.2 Å². The summed E-state index contributed by atoms with van der Waals surface area (Å²) in [5.74, 6) is 1.04. The minimum atomic E-state index is -1.00. The van der Waals surface area contributed by atoms with Gasteiger partial charge in [0.05, 0.1) is 12.3 Å². The van der Waals surface area contributed by atoms with E-state index in [1.54, 1.807) is 30.3 Å². The van der Waals surface area contributed by atoms with Crippen molar-refractivity contribution in [2.24, 2.45) is 0 Å². The Kier molecular flexibility index (Phi) is 12.8. The molecule has 4 rings (SSSR count). The second-order valence-corrected chi connectivity index (χ2v) is 13.1. The van der Waals surface area contributed by atoms with Crippen LogP contribution in [0.4, 0.5) is 4.39 Å². The van der Waals surface area contributed by atoms with Gasteiger partial charge in [0.1, 0.15) is 23.4 Å². The molecule has 0 saturated heterocycles. The first kappa shape index (κ1) is 35.2. The molecule has 1 aliphatic heterocycles. The number of unbranched alkanes of at least 4 members (excludes halogenated alkanes) is 6. The van der Waals surface area contributed by atoms with Crippen LogP contribution in [0, 0.1) is 0 Å². The van der Waals surface area contributed by atoms with Crippen LogP contribution >= 0.6 is 0 Å². The van der Waals surface area contributed by atoms with E-state index < -0.39 is 18.1 Å². The van der Waals surface area contributed by atoms with Crippen LogP contribution in [-0.2, 0) is 4.74 Å². The molecule has 0 spiro atoms. The smallest absolute Gasteiger partial charge is 0.216 e. The minimum Gasteiger partial charge on any atom is -0.508 e. The summed E-state index contributed by atoms with van der Waals surface area (Å²) in [5.41, 5.74) is 5.10. The van der Waals surface area contributed by atoms with Gasteiger partial charge < -0.3 is 24.8 Å². The lowest BCUT2D eigenvalue weighted by Gasteiger charge is -2.32. The summed E-state index contributed by atoms with van der Waals surface area (Å²) in [6.45, 7) is 8.84. The maximum Gasteiger partial charge on any atom is 0.216 e. The van der Waals surface area contributed by atoms with E-state index in [2.05, 4.69) is 12.1 Å². The zero-order valence-electron chi connectivity index (χ0n) is 27.7. The van der Waals surface area contributed by atoms with Gasteiger partial charge >= 0.3 is 0 Å². The molecule has 7 heteroatoms. The van der Waals surface area contributed by atoms with Crippen molar-refractivity contribution in [1.29, 1.82) is 0 Å². The first-order chi connectivity index (χ1) is 22.1. The van der Waals surface area contributed by atoms with E-state index in [-0.39, 0.29) is 18.2 Å². The van der Waals surface area contributed by atoms with E-state index in [1.165, 1.54) is 0 Å². The highest BCUT2D eigenvalue weighted by Gasteiger charge is 2.29. The van der Waals surface area contributed by atoms with Gasteiger partial charge in [-0.3, -0.25) is 9.29 Å². The third-order valence-electron chi connectivity index (χ3n) is 8.18. The Balaban J connectivity index is 1.45. The molecule has 0 saturated carbocycles. The number of hydrogen-bond acceptors (Lipinski definition) is 6. The molecule has 0 aliphatic carbocycles. The van der Waals surface area contributed by atoms with Crippen LogP contribution in [0.15, 0.2) is 72.8 Å². The Bertz CT molecular complexity index is 1460. The molecule has 1 heterocycles. The van der Waals surface area contributed by atoms with Crippen molar-refractivity contribution in [2.75, 3.05) is 19.8 Å². The van der Waals surface area contributed by atoms with Crippen LogP contribution in [0.25, 0.3) is 17.2 Å². The fraction of sp³-hybridized carbons (Fsp3) is 0.436. The van der Waals surface area contributed by atoms with Crippen LogP contribution in [0.3, 0.4) is 0 Å². The van der Waals surface area contributed by atoms with Crippen molar-refractivity contribution in [3.8, 4) is 17.2 Å². The number of halogens is 1. The molecular formula is C39H50FNO5. The number of hydrogen-bond donors (Lipinski definition) is 3. The first-order valence-corrected chi connectivity index (χ1v) is 16.5. The van der Waals surface area contributed by atoms with Crippen molar-refractivity contribution in [2.45, 2.75) is 90.8 Å². The average molecular weight is 632 g/mol. The SMILES string of the molecule is CC1=C(c2cccc(O)c2)C(c2ccc(/C=C/CN(CCCCCCCCCF)C(O)OC(C)(C)C)cc2)Oc2ccc(O)cc21. The van der Waals surface area contributed by atoms with E-state index >= 15 is 0 Å². The number of nitrogens with zero attached hydrogens (tertiary/aromatic N) is 1. The summed E-state index contributed by atoms with van der Waals surface area (Å²) >= 11 is 0. The average Bonchev–Trinajstić information content (AvgIpc) is 3.01. The highest BCUT2D eigenvalue weighted by atomic mass is 19.1. The van der Waals surface area contributed by atoms with Crippen molar-refractivity contribution >= 4 is 17.2 Å². The zero-order chi connectivity index (χ0) is 33.1. The standard InChI is InChI=1S/C39H50FNO5/c1-28-34-27-33(43)21-22-35(34)45-37(36(28)31-15-12-16-32(42)26-31)30-19-17-29(18-20-30)14-13-25-41(38(44)46-39(2,3)4)24-11-9-7-5-6-8-10-23-40/h12-22,26-27,37-38,42-44H,5-11,23-25H2,1-4H3/b14-13+. The van der Waals surface area contributed by atoms with Gasteiger partial charge in [0.15, 0.2) is 0 Å². The molecule has 0 fully saturated rings. The van der Waals surface area contributed by atoms with Gasteiger partial charge in [0.25, 0.3) is 0 Å². The first-order valence-electron chi connectivity index (χ1n) is 16.5. The lowest BCUT2D eigenvalue weighted by molar-refractivity contribution is -0.236. The molecule has 46 heavy (non-hydrogen) atoms. The van der Waals surface area contributed by atoms with Gasteiger partial charge in [-0.25, -0.2) is 0 Å². The molecule has 2 atom stereocenters. The van der Waals surface area contributed by atoms with E-state index in [0.717, 1.165) is 71.9 Å². The highest BCUT2D eigenvalue weighted by molar-refractivity contribution is 5.95. The van der Waals surface area contributed by atoms with Crippen molar-refractivity contribution in [1.82, 2.24) is 4.90 Å². The second-order valence-electron chi connectivity index (χ2n) is 13.1. The van der Waals surface area contributed by atoms with Crippen LogP contribution in [0.1, 0.15) is 101 Å². The van der Waals surface area contributed by atoms with Crippen molar-refractivity contribution in [3.63, 3.8) is 0 Å². The highest BCUT2D eigenvalue weighted by Crippen LogP contribution is 2.47. The van der Waals surface area contributed by atoms with Gasteiger partial charge in [0, 0.05) is 24.2 Å². The number of aliphatic hydroxyl groups is 1. The Morgan fingerprint density at radius 1 is 0.891 bits per heavy atom. The van der Waals surface area contributed by atoms with Gasteiger partial charge in [-0.2, -0.15) is 0 Å². The quantitative estimate of drug-likeness (QED) is 0.108. The number of benzene rings is 3. The maximum absolute atomic E-state index is 12.3. The summed E-state index contributed by atoms with van der Waals surface area (Å²) < 4.78 is 24.7. The maximum atomic E-state index is 12.3. The van der Waals surface area contributed by atoms with E-state index in [9.17, 15) is 19.7 Å². The molecule has 0 radical (unpaired) electrons. The fourth-order valence-corrected chi connectivity index (χ4v) is 5.80. The number of aliphatic hydroxyl groups excluding tert-OH is 1. The fourth-order valence-electron chi connectivity index (χ4n) is 5.80. The Labute approximate surface area is 273 Å². The van der Waals surface area contributed by atoms with Gasteiger partial charge in [0.2, 0.25) is 6.41 Å². The molecule has 0 aromatic heterocycles. The second kappa shape index (κ2) is 16.8. The Morgan fingerprint density at radius 3 is 2.24 bits per heavy atom. The van der Waals surface area contributed by atoms with Gasteiger partial charge in [-0.15, -0.1) is 0 Å². The summed E-state index contributed by atoms with van der Waals surface area (Å²) in [4.78, 5) is 1.94. The third-order valence-corrected chi connectivity index (χ3v) is 8.18. The summed E-state index contributed by atoms with van der Waals surface area (Å²) in [6.07, 6.45) is 9.61. The number of rotatable bonds is 16. The predicted octanol–water partition coefficient (Wildman–Crippen LogP) is 9.27. The molecule has 1 aliphatic rings. The van der Waals surface area contributed by atoms with Gasteiger partial charge in [-0.05, 0) is 93.1 Å². The monoisotopic (exact) mass is 631 g/mol. The molecular weight excluding hydrogens is 581 g/mol. The van der Waals surface area contributed by atoms with Crippen molar-refractivity contribution in [3.05, 3.63) is 95.1 Å². The number of phenolic OH excluding ortho intramolecular Hbond substituents is 2. The van der Waals surface area contributed by atoms with Crippen molar-refractivity contribution < 1.29 is 29.2 Å². The summed E-state index contributed by atoms with van der Waals surface area (Å²) in [7, 11) is 0. The predicted molar refractivity (Wildman–Crippen MR) is 184 cm³/mol. The molecule has 248 valence electrons. The lowest BCUT2D eigenvalue weighted by atomic mass is 9.86. The van der Waals surface area contributed by atoms with Crippen LogP contribution < -0.4 is 4.74 Å². The molecule has 3 aromatic rings. The minimum absolute atomic E-state index is 0.171. The number of allylic oxidation sites excluding steroid dienone is 1. The number of aromatic hydroxyl groups is 2. The number of phenols is 2. The topological polar surface area (TPSA) is 82.4 Å². The third kappa shape index (κ3) is 10.2. The van der Waals surface area contributed by atoms with Crippen LogP contribution in [-0.4, -0.2) is 52.0 Å². The number of ether oxygens (including phenoxy) is 2. The molecule has 3 N–H and O–H groups in total. The number of fused-ring (bicyclic) bond motifs is 1. The Hall–Kier alpha value is -3.65. The molecule has 0 amide bonds.